The number of aliphatic carboxylic acids is 1. The summed E-state index contributed by atoms with van der Waals surface area (Å²) in [6, 6.07) is 24.1. The number of Topliss-reactive ketones (excluding diaryl/α,β-unsaturated/α-hetero) is 1. The van der Waals surface area contributed by atoms with Crippen LogP contribution in [0.25, 0.3) is 22.3 Å². The average Bonchev–Trinajstić information content (AvgIpc) is 3.13. The van der Waals surface area contributed by atoms with E-state index in [2.05, 4.69) is 34.5 Å². The summed E-state index contributed by atoms with van der Waals surface area (Å²) < 4.78 is 0. The molecular formula is C29H31ClN2O3. The van der Waals surface area contributed by atoms with E-state index in [4.69, 9.17) is 0 Å². The maximum absolute atomic E-state index is 12.6. The van der Waals surface area contributed by atoms with E-state index in [1.54, 1.807) is 6.92 Å². The number of hydrogen-bond donors (Lipinski definition) is 2. The first-order valence-corrected chi connectivity index (χ1v) is 12.0. The largest absolute Gasteiger partial charge is 0.480 e. The van der Waals surface area contributed by atoms with Crippen LogP contribution in [0.15, 0.2) is 72.8 Å². The molecule has 3 aliphatic carbocycles. The van der Waals surface area contributed by atoms with E-state index < -0.39 is 11.4 Å². The lowest BCUT2D eigenvalue weighted by molar-refractivity contribution is -0.142. The molecule has 35 heavy (non-hydrogen) atoms. The van der Waals surface area contributed by atoms with Crippen LogP contribution in [0.4, 0.5) is 0 Å². The molecule has 2 aromatic carbocycles. The third kappa shape index (κ3) is 4.40. The predicted octanol–water partition coefficient (Wildman–Crippen LogP) is 4.77. The Morgan fingerprint density at radius 1 is 0.943 bits per heavy atom. The Balaban J connectivity index is 0.000000355. The zero-order valence-electron chi connectivity index (χ0n) is 19.9. The summed E-state index contributed by atoms with van der Waals surface area (Å²) in [7, 11) is 0. The van der Waals surface area contributed by atoms with Gasteiger partial charge in [-0.15, -0.1) is 12.4 Å². The Morgan fingerprint density at radius 3 is 1.94 bits per heavy atom. The van der Waals surface area contributed by atoms with Crippen LogP contribution in [0.5, 0.6) is 0 Å². The quantitative estimate of drug-likeness (QED) is 0.407. The van der Waals surface area contributed by atoms with Crippen molar-refractivity contribution in [2.75, 3.05) is 26.2 Å². The number of hydrogen-bond acceptors (Lipinski definition) is 4. The molecule has 6 heteroatoms. The first kappa shape index (κ1) is 25.1. The second-order valence-corrected chi connectivity index (χ2v) is 9.35. The molecular weight excluding hydrogens is 460 g/mol. The fourth-order valence-corrected chi connectivity index (χ4v) is 5.56. The number of carbonyl (C=O) groups excluding carboxylic acids is 1. The first-order valence-electron chi connectivity index (χ1n) is 12.0. The minimum Gasteiger partial charge on any atom is -0.480 e. The van der Waals surface area contributed by atoms with E-state index in [9.17, 15) is 14.7 Å². The minimum absolute atomic E-state index is 0. The number of fused-ring (bicyclic) bond motifs is 4. The molecule has 2 aromatic rings. The van der Waals surface area contributed by atoms with Gasteiger partial charge in [-0.2, -0.15) is 0 Å². The molecule has 1 aliphatic heterocycles. The Hall–Kier alpha value is -2.99. The fraction of sp³-hybridized carbons (Fsp3) is 0.310. The molecule has 6 rings (SSSR count). The van der Waals surface area contributed by atoms with Crippen molar-refractivity contribution < 1.29 is 14.7 Å². The predicted molar refractivity (Wildman–Crippen MR) is 141 cm³/mol. The van der Waals surface area contributed by atoms with Crippen molar-refractivity contribution in [2.45, 2.75) is 31.2 Å². The monoisotopic (exact) mass is 490 g/mol. The summed E-state index contributed by atoms with van der Waals surface area (Å²) in [5.74, 6) is -0.634. The lowest BCUT2D eigenvalue weighted by Crippen LogP contribution is -2.54. The van der Waals surface area contributed by atoms with Gasteiger partial charge in [0.25, 0.3) is 0 Å². The molecule has 182 valence electrons. The maximum Gasteiger partial charge on any atom is 0.318 e. The van der Waals surface area contributed by atoms with E-state index in [0.29, 0.717) is 13.0 Å². The van der Waals surface area contributed by atoms with Crippen molar-refractivity contribution in [1.82, 2.24) is 10.2 Å². The van der Waals surface area contributed by atoms with Crippen LogP contribution >= 0.6 is 12.4 Å². The van der Waals surface area contributed by atoms with Gasteiger partial charge in [0.15, 0.2) is 0 Å². The summed E-state index contributed by atoms with van der Waals surface area (Å²) in [6.07, 6.45) is 1.24. The molecule has 0 aromatic heterocycles. The fourth-order valence-electron chi connectivity index (χ4n) is 5.56. The van der Waals surface area contributed by atoms with Gasteiger partial charge in [-0.3, -0.25) is 14.5 Å². The van der Waals surface area contributed by atoms with Gasteiger partial charge in [0.05, 0.1) is 6.04 Å². The summed E-state index contributed by atoms with van der Waals surface area (Å²) in [5, 5.41) is 13.6. The van der Waals surface area contributed by atoms with Crippen molar-refractivity contribution in [3.63, 3.8) is 0 Å². The minimum atomic E-state index is -1.02. The summed E-state index contributed by atoms with van der Waals surface area (Å²) in [6.45, 7) is 4.71. The standard InChI is InChI=1S/C23H26N2O3.C6H4.ClH/c1-16(26)21-15-24-12-14-25(21)13-6-11-23(22(27)28)19-9-4-2-7-17(19)18-8-3-5-10-20(18)23;1-2-6-4-3-5(1)6;/h2-5,7-10,21,24H,6,11-15H2,1H3,(H,27,28);1-4H;1H. The van der Waals surface area contributed by atoms with Crippen LogP contribution in [-0.4, -0.2) is 54.0 Å². The van der Waals surface area contributed by atoms with Gasteiger partial charge >= 0.3 is 5.97 Å². The van der Waals surface area contributed by atoms with Gasteiger partial charge < -0.3 is 10.4 Å². The zero-order valence-corrected chi connectivity index (χ0v) is 20.7. The third-order valence-electron chi connectivity index (χ3n) is 7.47. The Bertz CT molecular complexity index is 1160. The molecule has 4 aliphatic rings. The topological polar surface area (TPSA) is 69.6 Å². The number of nitrogens with zero attached hydrogens (tertiary/aromatic N) is 1. The second kappa shape index (κ2) is 10.3. The molecule has 1 saturated heterocycles. The highest BCUT2D eigenvalue weighted by molar-refractivity contribution is 5.97. The smallest absolute Gasteiger partial charge is 0.318 e. The van der Waals surface area contributed by atoms with Crippen LogP contribution in [0.3, 0.4) is 0 Å². The van der Waals surface area contributed by atoms with Gasteiger partial charge in [-0.05, 0) is 59.7 Å². The Kier molecular flexibility index (Phi) is 7.41. The number of carboxylic acids is 1. The Labute approximate surface area is 212 Å². The van der Waals surface area contributed by atoms with Crippen LogP contribution in [0.2, 0.25) is 0 Å². The number of carboxylic acid groups (broad SMARTS) is 1. The van der Waals surface area contributed by atoms with Crippen LogP contribution in [-0.2, 0) is 15.0 Å². The maximum atomic E-state index is 12.6. The molecule has 5 nitrogen and oxygen atoms in total. The molecule has 1 unspecified atom stereocenters. The number of carbonyl (C=O) groups is 2. The van der Waals surface area contributed by atoms with E-state index in [0.717, 1.165) is 48.3 Å². The van der Waals surface area contributed by atoms with Gasteiger partial charge in [0.2, 0.25) is 0 Å². The van der Waals surface area contributed by atoms with Crippen LogP contribution < -0.4 is 5.32 Å². The highest BCUT2D eigenvalue weighted by Crippen LogP contribution is 2.51. The Morgan fingerprint density at radius 2 is 1.49 bits per heavy atom. The molecule has 0 spiro atoms. The normalized spacial score (nSPS) is 18.3. The van der Waals surface area contributed by atoms with E-state index in [1.807, 2.05) is 48.5 Å². The molecule has 0 radical (unpaired) electrons. The van der Waals surface area contributed by atoms with Gasteiger partial charge in [-0.25, -0.2) is 0 Å². The van der Waals surface area contributed by atoms with E-state index in [1.165, 1.54) is 11.1 Å². The number of piperazine rings is 1. The molecule has 0 saturated carbocycles. The van der Waals surface area contributed by atoms with Crippen molar-refractivity contribution in [1.29, 1.82) is 0 Å². The highest BCUT2D eigenvalue weighted by Gasteiger charge is 2.48. The summed E-state index contributed by atoms with van der Waals surface area (Å²) in [5.41, 5.74) is 5.63. The van der Waals surface area contributed by atoms with E-state index in [-0.39, 0.29) is 24.2 Å². The van der Waals surface area contributed by atoms with Gasteiger partial charge in [-0.1, -0.05) is 72.8 Å². The molecule has 0 bridgehead atoms. The zero-order chi connectivity index (χ0) is 23.7. The second-order valence-electron chi connectivity index (χ2n) is 9.35. The number of halogens is 1. The lowest BCUT2D eigenvalue weighted by Gasteiger charge is -2.35. The highest BCUT2D eigenvalue weighted by atomic mass is 35.5. The molecule has 2 N–H and O–H groups in total. The SMILES string of the molecule is CC(=O)C1CNCCN1CCCC1(C(=O)O)c2ccccc2-c2ccccc21.Cl.c1cc2ccc1-2. The van der Waals surface area contributed by atoms with Gasteiger partial charge in [0, 0.05) is 19.6 Å². The van der Waals surface area contributed by atoms with Crippen molar-refractivity contribution in [3.05, 3.63) is 83.9 Å². The first-order chi connectivity index (χ1) is 16.5. The van der Waals surface area contributed by atoms with Crippen molar-refractivity contribution in [3.8, 4) is 22.3 Å². The molecule has 1 atom stereocenters. The number of rotatable bonds is 6. The molecule has 1 fully saturated rings. The third-order valence-corrected chi connectivity index (χ3v) is 7.47. The lowest BCUT2D eigenvalue weighted by atomic mass is 9.74. The number of nitrogens with one attached hydrogen (secondary N) is 1. The summed E-state index contributed by atoms with van der Waals surface area (Å²) in [4.78, 5) is 26.8. The average molecular weight is 491 g/mol. The number of ketones is 1. The molecule has 0 amide bonds. The molecule has 1 heterocycles. The summed E-state index contributed by atoms with van der Waals surface area (Å²) >= 11 is 0. The number of benzene rings is 3. The van der Waals surface area contributed by atoms with Crippen molar-refractivity contribution >= 4 is 24.2 Å². The van der Waals surface area contributed by atoms with Crippen LogP contribution in [0.1, 0.15) is 30.9 Å². The van der Waals surface area contributed by atoms with Gasteiger partial charge in [0.1, 0.15) is 11.2 Å². The van der Waals surface area contributed by atoms with Crippen LogP contribution in [0, 0.1) is 0 Å². The van der Waals surface area contributed by atoms with E-state index >= 15 is 0 Å². The van der Waals surface area contributed by atoms with Crippen molar-refractivity contribution in [2.24, 2.45) is 0 Å².